The monoisotopic (exact) mass is 274 g/mol. The van der Waals surface area contributed by atoms with Gasteiger partial charge in [0.2, 0.25) is 5.91 Å². The minimum atomic E-state index is -0.0389. The van der Waals surface area contributed by atoms with Crippen molar-refractivity contribution >= 4 is 17.3 Å². The number of fused-ring (bicyclic) bond motifs is 1. The van der Waals surface area contributed by atoms with Crippen molar-refractivity contribution in [3.63, 3.8) is 0 Å². The van der Waals surface area contributed by atoms with E-state index in [4.69, 9.17) is 5.73 Å². The van der Waals surface area contributed by atoms with Crippen molar-refractivity contribution in [3.8, 4) is 0 Å². The smallest absolute Gasteiger partial charge is 0.244 e. The molecule has 2 aliphatic rings. The number of rotatable bonds is 1. The van der Waals surface area contributed by atoms with Crippen molar-refractivity contribution in [1.82, 2.24) is 9.80 Å². The zero-order chi connectivity index (χ0) is 14.3. The highest BCUT2D eigenvalue weighted by atomic mass is 16.2. The van der Waals surface area contributed by atoms with Crippen molar-refractivity contribution in [2.24, 2.45) is 0 Å². The number of benzene rings is 1. The number of nitrogens with zero attached hydrogens (tertiary/aromatic N) is 3. The van der Waals surface area contributed by atoms with Gasteiger partial charge in [-0.1, -0.05) is 0 Å². The minimum absolute atomic E-state index is 0.0389. The summed E-state index contributed by atoms with van der Waals surface area (Å²) >= 11 is 0. The predicted octanol–water partition coefficient (Wildman–Crippen LogP) is 0.404. The van der Waals surface area contributed by atoms with E-state index in [1.54, 1.807) is 4.90 Å². The molecule has 1 aromatic carbocycles. The lowest BCUT2D eigenvalue weighted by atomic mass is 9.95. The van der Waals surface area contributed by atoms with Gasteiger partial charge in [0, 0.05) is 44.6 Å². The number of hydrogen-bond acceptors (Lipinski definition) is 4. The summed E-state index contributed by atoms with van der Waals surface area (Å²) in [6.07, 6.45) is 0.771. The molecule has 1 aromatic rings. The lowest BCUT2D eigenvalue weighted by Gasteiger charge is -2.41. The van der Waals surface area contributed by atoms with Gasteiger partial charge in [-0.2, -0.15) is 0 Å². The van der Waals surface area contributed by atoms with Gasteiger partial charge in [-0.05, 0) is 37.2 Å². The second kappa shape index (κ2) is 5.07. The van der Waals surface area contributed by atoms with Crippen LogP contribution >= 0.6 is 0 Å². The Kier molecular flexibility index (Phi) is 3.40. The van der Waals surface area contributed by atoms with Crippen molar-refractivity contribution in [2.75, 3.05) is 50.9 Å². The van der Waals surface area contributed by atoms with Crippen molar-refractivity contribution in [1.29, 1.82) is 0 Å². The first-order valence-electron chi connectivity index (χ1n) is 7.15. The molecule has 1 amide bonds. The summed E-state index contributed by atoms with van der Waals surface area (Å²) in [5.74, 6) is 0.201. The molecular weight excluding hydrogens is 252 g/mol. The number of likely N-dealkylation sites (N-methyl/N-ethyl adjacent to an activating group) is 2. The maximum atomic E-state index is 12.6. The summed E-state index contributed by atoms with van der Waals surface area (Å²) in [6.45, 7) is 3.96. The highest BCUT2D eigenvalue weighted by Gasteiger charge is 2.35. The highest BCUT2D eigenvalue weighted by Crippen LogP contribution is 2.30. The molecule has 0 spiro atoms. The molecule has 1 unspecified atom stereocenters. The van der Waals surface area contributed by atoms with Gasteiger partial charge in [0.25, 0.3) is 0 Å². The van der Waals surface area contributed by atoms with Crippen LogP contribution in [0.1, 0.15) is 5.56 Å². The van der Waals surface area contributed by atoms with Crippen LogP contribution in [0.3, 0.4) is 0 Å². The molecule has 5 nitrogen and oxygen atoms in total. The fraction of sp³-hybridized carbons (Fsp3) is 0.533. The third kappa shape index (κ3) is 2.27. The number of nitrogens with two attached hydrogens (primary N) is 1. The topological polar surface area (TPSA) is 52.8 Å². The van der Waals surface area contributed by atoms with Gasteiger partial charge in [0.05, 0.1) is 6.04 Å². The Balaban J connectivity index is 1.85. The van der Waals surface area contributed by atoms with E-state index in [0.717, 1.165) is 44.0 Å². The summed E-state index contributed by atoms with van der Waals surface area (Å²) in [4.78, 5) is 19.0. The van der Waals surface area contributed by atoms with Crippen molar-refractivity contribution in [2.45, 2.75) is 12.5 Å². The average Bonchev–Trinajstić information content (AvgIpc) is 2.44. The van der Waals surface area contributed by atoms with E-state index in [0.29, 0.717) is 0 Å². The molecule has 2 N–H and O–H groups in total. The van der Waals surface area contributed by atoms with Crippen LogP contribution in [0.25, 0.3) is 0 Å². The number of hydrogen-bond donors (Lipinski definition) is 1. The summed E-state index contributed by atoms with van der Waals surface area (Å²) in [7, 11) is 3.99. The van der Waals surface area contributed by atoms with Crippen LogP contribution in [0.4, 0.5) is 11.4 Å². The molecule has 0 aromatic heterocycles. The molecule has 0 saturated carbocycles. The molecule has 2 heterocycles. The van der Waals surface area contributed by atoms with Crippen LogP contribution in [0, 0.1) is 0 Å². The normalized spacial score (nSPS) is 24.8. The Hall–Kier alpha value is -1.59. The van der Waals surface area contributed by atoms with Crippen LogP contribution < -0.4 is 10.6 Å². The van der Waals surface area contributed by atoms with E-state index < -0.39 is 0 Å². The fourth-order valence-corrected chi connectivity index (χ4v) is 3.15. The van der Waals surface area contributed by atoms with E-state index >= 15 is 0 Å². The summed E-state index contributed by atoms with van der Waals surface area (Å²) in [6, 6.07) is 5.77. The van der Waals surface area contributed by atoms with Gasteiger partial charge < -0.3 is 15.5 Å². The van der Waals surface area contributed by atoms with E-state index in [1.807, 2.05) is 25.2 Å². The second-order valence-corrected chi connectivity index (χ2v) is 5.84. The summed E-state index contributed by atoms with van der Waals surface area (Å²) < 4.78 is 0. The first kappa shape index (κ1) is 13.4. The van der Waals surface area contributed by atoms with Crippen LogP contribution in [-0.4, -0.2) is 62.0 Å². The Morgan fingerprint density at radius 3 is 2.55 bits per heavy atom. The quantitative estimate of drug-likeness (QED) is 0.753. The molecule has 2 aliphatic heterocycles. The SMILES string of the molecule is CN1CCN(C2Cc3cc(N)ccc3N(C)C2=O)CC1. The molecule has 108 valence electrons. The first-order chi connectivity index (χ1) is 9.56. The minimum Gasteiger partial charge on any atom is -0.399 e. The number of amides is 1. The van der Waals surface area contributed by atoms with E-state index in [2.05, 4.69) is 16.8 Å². The Morgan fingerprint density at radius 2 is 1.85 bits per heavy atom. The summed E-state index contributed by atoms with van der Waals surface area (Å²) in [5, 5.41) is 0. The highest BCUT2D eigenvalue weighted by molar-refractivity contribution is 6.00. The van der Waals surface area contributed by atoms with Crippen LogP contribution in [0.5, 0.6) is 0 Å². The second-order valence-electron chi connectivity index (χ2n) is 5.84. The number of carbonyl (C=O) groups excluding carboxylic acids is 1. The van der Waals surface area contributed by atoms with Gasteiger partial charge >= 0.3 is 0 Å². The average molecular weight is 274 g/mol. The zero-order valence-electron chi connectivity index (χ0n) is 12.2. The molecule has 0 aliphatic carbocycles. The van der Waals surface area contributed by atoms with E-state index in [9.17, 15) is 4.79 Å². The van der Waals surface area contributed by atoms with Crippen molar-refractivity contribution in [3.05, 3.63) is 23.8 Å². The van der Waals surface area contributed by atoms with E-state index in [-0.39, 0.29) is 11.9 Å². The molecule has 1 fully saturated rings. The van der Waals surface area contributed by atoms with Crippen LogP contribution in [0.2, 0.25) is 0 Å². The predicted molar refractivity (Wildman–Crippen MR) is 80.8 cm³/mol. The van der Waals surface area contributed by atoms with Gasteiger partial charge in [0.1, 0.15) is 0 Å². The van der Waals surface area contributed by atoms with E-state index in [1.165, 1.54) is 5.56 Å². The largest absolute Gasteiger partial charge is 0.399 e. The number of carbonyl (C=O) groups is 1. The maximum absolute atomic E-state index is 12.6. The molecule has 3 rings (SSSR count). The molecule has 1 atom stereocenters. The first-order valence-corrected chi connectivity index (χ1v) is 7.15. The standard InChI is InChI=1S/C15H22N4O/c1-17-5-7-19(8-6-17)14-10-11-9-12(16)3-4-13(11)18(2)15(14)20/h3-4,9,14H,5-8,10,16H2,1-2H3. The molecule has 0 bridgehead atoms. The third-order valence-corrected chi connectivity index (χ3v) is 4.47. The summed E-state index contributed by atoms with van der Waals surface area (Å²) in [5.41, 5.74) is 8.82. The van der Waals surface area contributed by atoms with Crippen LogP contribution in [0.15, 0.2) is 18.2 Å². The molecular formula is C15H22N4O. The van der Waals surface area contributed by atoms with Gasteiger partial charge in [0.15, 0.2) is 0 Å². The van der Waals surface area contributed by atoms with Crippen molar-refractivity contribution < 1.29 is 4.79 Å². The Labute approximate surface area is 119 Å². The van der Waals surface area contributed by atoms with Gasteiger partial charge in [-0.3, -0.25) is 9.69 Å². The number of piperazine rings is 1. The maximum Gasteiger partial charge on any atom is 0.244 e. The Bertz CT molecular complexity index is 523. The lowest BCUT2D eigenvalue weighted by molar-refractivity contribution is -0.124. The third-order valence-electron chi connectivity index (χ3n) is 4.47. The molecule has 5 heteroatoms. The number of anilines is 2. The van der Waals surface area contributed by atoms with Gasteiger partial charge in [-0.25, -0.2) is 0 Å². The molecule has 1 saturated heterocycles. The van der Waals surface area contributed by atoms with Crippen LogP contribution in [-0.2, 0) is 11.2 Å². The molecule has 0 radical (unpaired) electrons. The molecule has 20 heavy (non-hydrogen) atoms. The fourth-order valence-electron chi connectivity index (χ4n) is 3.15. The zero-order valence-corrected chi connectivity index (χ0v) is 12.2. The van der Waals surface area contributed by atoms with Gasteiger partial charge in [-0.15, -0.1) is 0 Å². The lowest BCUT2D eigenvalue weighted by Crippen LogP contribution is -2.57. The Morgan fingerprint density at radius 1 is 1.15 bits per heavy atom. The number of nitrogen functional groups attached to an aromatic ring is 1.